The second-order valence-electron chi connectivity index (χ2n) is 9.02. The molecular weight excluding hydrogens is 530 g/mol. The quantitative estimate of drug-likeness (QED) is 0.462. The van der Waals surface area contributed by atoms with E-state index in [1.165, 1.54) is 11.3 Å². The van der Waals surface area contributed by atoms with Crippen LogP contribution < -0.4 is 9.62 Å². The number of carbonyl (C=O) groups excluding carboxylic acids is 2. The van der Waals surface area contributed by atoms with Crippen LogP contribution in [-0.2, 0) is 26.2 Å². The van der Waals surface area contributed by atoms with Gasteiger partial charge in [-0.2, -0.15) is 0 Å². The summed E-state index contributed by atoms with van der Waals surface area (Å²) in [5.41, 5.74) is 1.26. The maximum Gasteiger partial charge on any atom is 0.244 e. The zero-order chi connectivity index (χ0) is 25.4. The van der Waals surface area contributed by atoms with Crippen molar-refractivity contribution >= 4 is 43.5 Å². The standard InChI is InChI=1S/C26H34BrN3O4S/c1-3-24(26(32)28-22-14-8-5-9-15-22)29(18-20-11-6-4-7-12-20)25(31)19-30(35(2,33)34)23-16-10-13-21(27)17-23/h4,6-7,10-13,16-17,22,24H,3,5,8-9,14-15,18-19H2,1-2H3,(H,28,32)/t24-/m0/s1. The minimum Gasteiger partial charge on any atom is -0.352 e. The predicted octanol–water partition coefficient (Wildman–Crippen LogP) is 4.47. The topological polar surface area (TPSA) is 86.8 Å². The van der Waals surface area contributed by atoms with Gasteiger partial charge in [0.2, 0.25) is 21.8 Å². The summed E-state index contributed by atoms with van der Waals surface area (Å²) in [6.07, 6.45) is 6.75. The molecule has 0 heterocycles. The highest BCUT2D eigenvalue weighted by atomic mass is 79.9. The Morgan fingerprint density at radius 1 is 1.06 bits per heavy atom. The number of amides is 2. The lowest BCUT2D eigenvalue weighted by Crippen LogP contribution is -2.53. The van der Waals surface area contributed by atoms with Gasteiger partial charge in [-0.15, -0.1) is 0 Å². The Balaban J connectivity index is 1.89. The first-order valence-corrected chi connectivity index (χ1v) is 14.7. The van der Waals surface area contributed by atoms with Crippen molar-refractivity contribution in [1.82, 2.24) is 10.2 Å². The average Bonchev–Trinajstić information content (AvgIpc) is 2.82. The summed E-state index contributed by atoms with van der Waals surface area (Å²) in [5, 5.41) is 3.14. The fraction of sp³-hybridized carbons (Fsp3) is 0.462. The number of benzene rings is 2. The molecule has 2 aromatic carbocycles. The number of hydrogen-bond acceptors (Lipinski definition) is 4. The summed E-state index contributed by atoms with van der Waals surface area (Å²) >= 11 is 3.37. The summed E-state index contributed by atoms with van der Waals surface area (Å²) in [4.78, 5) is 28.5. The Morgan fingerprint density at radius 2 is 1.74 bits per heavy atom. The number of hydrogen-bond donors (Lipinski definition) is 1. The minimum atomic E-state index is -3.75. The van der Waals surface area contributed by atoms with Gasteiger partial charge in [0, 0.05) is 17.1 Å². The van der Waals surface area contributed by atoms with Crippen LogP contribution in [0.3, 0.4) is 0 Å². The smallest absolute Gasteiger partial charge is 0.244 e. The summed E-state index contributed by atoms with van der Waals surface area (Å²) in [5.74, 6) is -0.609. The predicted molar refractivity (Wildman–Crippen MR) is 142 cm³/mol. The largest absolute Gasteiger partial charge is 0.352 e. The first-order valence-electron chi connectivity index (χ1n) is 12.1. The van der Waals surface area contributed by atoms with E-state index in [0.717, 1.165) is 41.8 Å². The molecule has 0 saturated heterocycles. The highest BCUT2D eigenvalue weighted by molar-refractivity contribution is 9.10. The first kappa shape index (κ1) is 27.2. The maximum absolute atomic E-state index is 13.7. The molecule has 1 N–H and O–H groups in total. The number of nitrogens with one attached hydrogen (secondary N) is 1. The molecule has 0 radical (unpaired) electrons. The van der Waals surface area contributed by atoms with E-state index in [9.17, 15) is 18.0 Å². The SMILES string of the molecule is CC[C@@H](C(=O)NC1CCCCC1)N(Cc1ccccc1)C(=O)CN(c1cccc(Br)c1)S(C)(=O)=O. The van der Waals surface area contributed by atoms with E-state index in [4.69, 9.17) is 0 Å². The van der Waals surface area contributed by atoms with Crippen LogP contribution in [0, 0.1) is 0 Å². The Morgan fingerprint density at radius 3 is 2.34 bits per heavy atom. The lowest BCUT2D eigenvalue weighted by Gasteiger charge is -2.34. The van der Waals surface area contributed by atoms with Crippen molar-refractivity contribution in [3.8, 4) is 0 Å². The van der Waals surface area contributed by atoms with Crippen LogP contribution in [0.15, 0.2) is 59.1 Å². The van der Waals surface area contributed by atoms with Crippen molar-refractivity contribution in [3.05, 3.63) is 64.6 Å². The number of nitrogens with zero attached hydrogens (tertiary/aromatic N) is 2. The second-order valence-corrected chi connectivity index (χ2v) is 11.8. The summed E-state index contributed by atoms with van der Waals surface area (Å²) in [7, 11) is -3.75. The van der Waals surface area contributed by atoms with Gasteiger partial charge in [0.1, 0.15) is 12.6 Å². The minimum absolute atomic E-state index is 0.119. The van der Waals surface area contributed by atoms with Crippen molar-refractivity contribution in [3.63, 3.8) is 0 Å². The van der Waals surface area contributed by atoms with E-state index in [-0.39, 0.29) is 18.5 Å². The van der Waals surface area contributed by atoms with E-state index >= 15 is 0 Å². The molecule has 190 valence electrons. The molecule has 1 saturated carbocycles. The molecule has 1 aliphatic rings. The molecule has 1 aliphatic carbocycles. The van der Waals surface area contributed by atoms with Gasteiger partial charge >= 0.3 is 0 Å². The molecule has 7 nitrogen and oxygen atoms in total. The third kappa shape index (κ3) is 7.80. The Bertz CT molecular complexity index is 1100. The van der Waals surface area contributed by atoms with Crippen molar-refractivity contribution in [2.75, 3.05) is 17.1 Å². The van der Waals surface area contributed by atoms with Gasteiger partial charge in [0.15, 0.2) is 0 Å². The molecule has 2 amide bonds. The first-order chi connectivity index (χ1) is 16.7. The number of halogens is 1. The molecule has 0 bridgehead atoms. The lowest BCUT2D eigenvalue weighted by atomic mass is 9.95. The van der Waals surface area contributed by atoms with Gasteiger partial charge in [0.05, 0.1) is 11.9 Å². The zero-order valence-electron chi connectivity index (χ0n) is 20.3. The van der Waals surface area contributed by atoms with Crippen molar-refractivity contribution < 1.29 is 18.0 Å². The molecule has 0 unspecified atom stereocenters. The molecule has 1 fully saturated rings. The Kier molecular flexibility index (Phi) is 9.74. The van der Waals surface area contributed by atoms with Gasteiger partial charge in [-0.25, -0.2) is 8.42 Å². The summed E-state index contributed by atoms with van der Waals surface area (Å²) < 4.78 is 27.1. The van der Waals surface area contributed by atoms with Gasteiger partial charge < -0.3 is 10.2 Å². The molecule has 0 spiro atoms. The average molecular weight is 565 g/mol. The van der Waals surface area contributed by atoms with Crippen molar-refractivity contribution in [2.45, 2.75) is 64.1 Å². The van der Waals surface area contributed by atoms with E-state index in [1.54, 1.807) is 24.3 Å². The molecule has 0 aliphatic heterocycles. The van der Waals surface area contributed by atoms with Crippen LogP contribution in [-0.4, -0.2) is 50.0 Å². The van der Waals surface area contributed by atoms with Gasteiger partial charge in [-0.3, -0.25) is 13.9 Å². The van der Waals surface area contributed by atoms with Crippen LogP contribution in [0.4, 0.5) is 5.69 Å². The van der Waals surface area contributed by atoms with E-state index < -0.39 is 28.5 Å². The van der Waals surface area contributed by atoms with E-state index in [0.29, 0.717) is 16.6 Å². The molecule has 1 atom stereocenters. The zero-order valence-corrected chi connectivity index (χ0v) is 22.7. The van der Waals surface area contributed by atoms with Crippen molar-refractivity contribution in [1.29, 1.82) is 0 Å². The molecule has 2 aromatic rings. The lowest BCUT2D eigenvalue weighted by molar-refractivity contribution is -0.140. The third-order valence-electron chi connectivity index (χ3n) is 6.31. The van der Waals surface area contributed by atoms with E-state index in [1.807, 2.05) is 37.3 Å². The Labute approximate surface area is 217 Å². The number of carbonyl (C=O) groups is 2. The normalized spacial score (nSPS) is 15.3. The summed E-state index contributed by atoms with van der Waals surface area (Å²) in [6, 6.07) is 15.7. The molecule has 35 heavy (non-hydrogen) atoms. The molecule has 0 aromatic heterocycles. The fourth-order valence-electron chi connectivity index (χ4n) is 4.49. The Hall–Kier alpha value is -2.39. The monoisotopic (exact) mass is 563 g/mol. The third-order valence-corrected chi connectivity index (χ3v) is 7.94. The highest BCUT2D eigenvalue weighted by Crippen LogP contribution is 2.23. The number of anilines is 1. The molecule has 9 heteroatoms. The van der Waals surface area contributed by atoms with E-state index in [2.05, 4.69) is 21.2 Å². The van der Waals surface area contributed by atoms with Crippen LogP contribution >= 0.6 is 15.9 Å². The van der Waals surface area contributed by atoms with Gasteiger partial charge in [-0.05, 0) is 43.0 Å². The van der Waals surface area contributed by atoms with Crippen LogP contribution in [0.2, 0.25) is 0 Å². The highest BCUT2D eigenvalue weighted by Gasteiger charge is 2.32. The molecule has 3 rings (SSSR count). The van der Waals surface area contributed by atoms with Crippen LogP contribution in [0.1, 0.15) is 51.0 Å². The molecular formula is C26H34BrN3O4S. The number of sulfonamides is 1. The van der Waals surface area contributed by atoms with Gasteiger partial charge in [0.25, 0.3) is 0 Å². The fourth-order valence-corrected chi connectivity index (χ4v) is 5.72. The van der Waals surface area contributed by atoms with Crippen LogP contribution in [0.5, 0.6) is 0 Å². The van der Waals surface area contributed by atoms with Crippen molar-refractivity contribution in [2.24, 2.45) is 0 Å². The maximum atomic E-state index is 13.7. The number of rotatable bonds is 10. The van der Waals surface area contributed by atoms with Gasteiger partial charge in [-0.1, -0.05) is 78.5 Å². The van der Waals surface area contributed by atoms with Crippen LogP contribution in [0.25, 0.3) is 0 Å². The second kappa shape index (κ2) is 12.5. The summed E-state index contributed by atoms with van der Waals surface area (Å²) in [6.45, 7) is 1.70.